The third kappa shape index (κ3) is 6.32. The molecule has 35 heavy (non-hydrogen) atoms. The van der Waals surface area contributed by atoms with Crippen LogP contribution >= 0.6 is 11.3 Å². The molecular weight excluding hydrogens is 517 g/mol. The fourth-order valence-electron chi connectivity index (χ4n) is 3.82. The van der Waals surface area contributed by atoms with Gasteiger partial charge in [0.15, 0.2) is 0 Å². The van der Waals surface area contributed by atoms with Crippen LogP contribution in [0.2, 0.25) is 10.9 Å². The SMILES string of the molecule is CCOc1ccc(-c2ccc(C(=O)Nc3ccc4nc([As](C)CCN(C)C)sc4c3)cc2)c(C)c1. The minimum Gasteiger partial charge on any atom is -0.0396 e. The Bertz CT molecular complexity index is 1320. The minimum absolute atomic E-state index is 0.113. The predicted molar refractivity (Wildman–Crippen MR) is 150 cm³/mol. The van der Waals surface area contributed by atoms with Gasteiger partial charge in [0.25, 0.3) is 0 Å². The number of nitrogens with one attached hydrogen (secondary N) is 1. The van der Waals surface area contributed by atoms with E-state index in [2.05, 4.69) is 43.0 Å². The maximum Gasteiger partial charge on any atom is -0.0164 e. The van der Waals surface area contributed by atoms with Crippen LogP contribution in [0.25, 0.3) is 21.3 Å². The Morgan fingerprint density at radius 1 is 1.09 bits per heavy atom. The van der Waals surface area contributed by atoms with Crippen LogP contribution in [0.5, 0.6) is 5.75 Å². The van der Waals surface area contributed by atoms with Crippen LogP contribution in [-0.2, 0) is 0 Å². The topological polar surface area (TPSA) is 54.5 Å². The van der Waals surface area contributed by atoms with Crippen molar-refractivity contribution in [2.24, 2.45) is 0 Å². The summed E-state index contributed by atoms with van der Waals surface area (Å²) in [5.74, 6) is 0.763. The van der Waals surface area contributed by atoms with Crippen molar-refractivity contribution in [3.63, 3.8) is 0 Å². The van der Waals surface area contributed by atoms with Crippen molar-refractivity contribution in [1.82, 2.24) is 9.88 Å². The summed E-state index contributed by atoms with van der Waals surface area (Å²) in [4.78, 5) is 20.0. The number of benzene rings is 3. The second-order valence-electron chi connectivity index (χ2n) is 8.84. The van der Waals surface area contributed by atoms with Gasteiger partial charge in [-0.1, -0.05) is 6.07 Å². The van der Waals surface area contributed by atoms with E-state index in [-0.39, 0.29) is 5.91 Å². The van der Waals surface area contributed by atoms with Crippen LogP contribution in [0.3, 0.4) is 0 Å². The van der Waals surface area contributed by atoms with Gasteiger partial charge in [0.1, 0.15) is 5.75 Å². The number of fused-ring (bicyclic) bond motifs is 1. The van der Waals surface area contributed by atoms with Crippen LogP contribution in [0, 0.1) is 6.92 Å². The first-order chi connectivity index (χ1) is 16.8. The molecule has 1 unspecified atom stereocenters. The van der Waals surface area contributed by atoms with E-state index in [1.807, 2.05) is 61.5 Å². The molecule has 7 heteroatoms. The van der Waals surface area contributed by atoms with E-state index >= 15 is 0 Å². The summed E-state index contributed by atoms with van der Waals surface area (Å²) in [7, 11) is 4.23. The van der Waals surface area contributed by atoms with Gasteiger partial charge in [-0.05, 0) is 31.5 Å². The minimum atomic E-state index is -1.13. The first-order valence-electron chi connectivity index (χ1n) is 11.8. The number of aryl methyl sites for hydroxylation is 1. The van der Waals surface area contributed by atoms with Crippen molar-refractivity contribution in [3.05, 3.63) is 71.8 Å². The first kappa shape index (κ1) is 25.4. The van der Waals surface area contributed by atoms with Gasteiger partial charge in [0.2, 0.25) is 0 Å². The van der Waals surface area contributed by atoms with Gasteiger partial charge in [-0.15, -0.1) is 0 Å². The third-order valence-electron chi connectivity index (χ3n) is 5.81. The predicted octanol–water partition coefficient (Wildman–Crippen LogP) is 5.82. The van der Waals surface area contributed by atoms with Gasteiger partial charge in [-0.3, -0.25) is 0 Å². The molecule has 1 N–H and O–H groups in total. The third-order valence-corrected chi connectivity index (χ3v) is 12.2. The van der Waals surface area contributed by atoms with E-state index in [0.717, 1.165) is 44.9 Å². The van der Waals surface area contributed by atoms with Gasteiger partial charge < -0.3 is 4.74 Å². The number of rotatable bonds is 9. The standard InChI is InChI=1S/C28H32AsN3O2S/c1-6-34-23-12-13-24(19(2)17-23)20-7-9-21(10-8-20)27(33)30-22-11-14-25-26(18-22)35-28(31-25)29(3)15-16-32(4)5/h7-14,17-18H,6,15-16H2,1-5H3,(H,30,33). The monoisotopic (exact) mass is 549 g/mol. The van der Waals surface area contributed by atoms with E-state index in [0.29, 0.717) is 12.2 Å². The number of carbonyl (C=O) groups is 1. The Morgan fingerprint density at radius 2 is 1.86 bits per heavy atom. The Hall–Kier alpha value is -2.66. The number of thiazole rings is 1. The quantitative estimate of drug-likeness (QED) is 0.268. The van der Waals surface area contributed by atoms with Gasteiger partial charge in [-0.25, -0.2) is 0 Å². The van der Waals surface area contributed by atoms with Crippen molar-refractivity contribution in [2.45, 2.75) is 24.8 Å². The molecule has 0 fully saturated rings. The molecule has 3 aromatic carbocycles. The number of nitrogens with zero attached hydrogens (tertiary/aromatic N) is 2. The largest absolute Gasteiger partial charge is 0.0396 e. The van der Waals surface area contributed by atoms with Crippen LogP contribution in [-0.4, -0.2) is 57.7 Å². The normalized spacial score (nSPS) is 12.2. The van der Waals surface area contributed by atoms with Crippen LogP contribution < -0.4 is 13.8 Å². The van der Waals surface area contributed by atoms with Crippen molar-refractivity contribution >= 4 is 51.6 Å². The van der Waals surface area contributed by atoms with Gasteiger partial charge in [-0.2, -0.15) is 0 Å². The van der Waals surface area contributed by atoms with E-state index in [4.69, 9.17) is 9.72 Å². The molecule has 1 heterocycles. The maximum absolute atomic E-state index is 12.9. The number of anilines is 1. The number of hydrogen-bond acceptors (Lipinski definition) is 5. The fraction of sp³-hybridized carbons (Fsp3) is 0.286. The number of amides is 1. The summed E-state index contributed by atoms with van der Waals surface area (Å²) in [5.41, 5.74) is 8.17. The molecule has 0 saturated carbocycles. The van der Waals surface area contributed by atoms with Gasteiger partial charge >= 0.3 is 162 Å². The molecule has 0 bridgehead atoms. The second-order valence-corrected chi connectivity index (χ2v) is 15.3. The molecule has 0 aliphatic carbocycles. The van der Waals surface area contributed by atoms with Crippen molar-refractivity contribution in [1.29, 1.82) is 0 Å². The summed E-state index contributed by atoms with van der Waals surface area (Å²) in [6.07, 6.45) is 0. The molecule has 0 aliphatic rings. The zero-order valence-corrected chi connectivity index (χ0v) is 23.7. The van der Waals surface area contributed by atoms with Crippen molar-refractivity contribution < 1.29 is 9.53 Å². The molecular formula is C28H32AsN3O2S. The Morgan fingerprint density at radius 3 is 2.54 bits per heavy atom. The van der Waals surface area contributed by atoms with E-state index in [1.54, 1.807) is 11.3 Å². The molecule has 1 atom stereocenters. The van der Waals surface area contributed by atoms with Crippen molar-refractivity contribution in [2.75, 3.05) is 32.6 Å². The number of hydrogen-bond donors (Lipinski definition) is 1. The zero-order valence-electron chi connectivity index (χ0n) is 21.0. The number of carbonyl (C=O) groups excluding carboxylic acids is 1. The van der Waals surface area contributed by atoms with Gasteiger partial charge in [0.05, 0.1) is 6.61 Å². The molecule has 0 radical (unpaired) electrons. The van der Waals surface area contributed by atoms with Gasteiger partial charge in [0, 0.05) is 0 Å². The zero-order chi connectivity index (χ0) is 24.9. The molecule has 4 rings (SSSR count). The Kier molecular flexibility index (Phi) is 8.27. The average Bonchev–Trinajstić information content (AvgIpc) is 3.26. The summed E-state index contributed by atoms with van der Waals surface area (Å²) < 4.78 is 8.01. The van der Waals surface area contributed by atoms with Crippen LogP contribution in [0.15, 0.2) is 60.7 Å². The molecule has 0 aliphatic heterocycles. The van der Waals surface area contributed by atoms with Crippen LogP contribution in [0.1, 0.15) is 22.8 Å². The van der Waals surface area contributed by atoms with Crippen LogP contribution in [0.4, 0.5) is 5.69 Å². The smallest absolute Gasteiger partial charge is 0.0164 e. The first-order valence-corrected chi connectivity index (χ1v) is 16.7. The fourth-order valence-corrected chi connectivity index (χ4v) is 9.25. The molecule has 0 saturated heterocycles. The van der Waals surface area contributed by atoms with E-state index in [9.17, 15) is 4.79 Å². The Balaban J connectivity index is 1.45. The average molecular weight is 550 g/mol. The Labute approximate surface area is 216 Å². The molecule has 5 nitrogen and oxygen atoms in total. The molecule has 0 spiro atoms. The van der Waals surface area contributed by atoms with E-state index < -0.39 is 14.7 Å². The second kappa shape index (κ2) is 11.4. The number of aromatic nitrogens is 1. The summed E-state index contributed by atoms with van der Waals surface area (Å²) in [6, 6.07) is 19.8. The summed E-state index contributed by atoms with van der Waals surface area (Å²) in [5, 5.41) is 4.27. The number of ether oxygens (including phenoxy) is 1. The van der Waals surface area contributed by atoms with Crippen molar-refractivity contribution in [3.8, 4) is 16.9 Å². The summed E-state index contributed by atoms with van der Waals surface area (Å²) >= 11 is 0.646. The van der Waals surface area contributed by atoms with E-state index in [1.165, 1.54) is 9.00 Å². The molecule has 1 amide bonds. The summed E-state index contributed by atoms with van der Waals surface area (Å²) in [6.45, 7) is 5.81. The molecule has 4 aromatic rings. The molecule has 182 valence electrons. The maximum atomic E-state index is 12.9. The molecule has 1 aromatic heterocycles.